The highest BCUT2D eigenvalue weighted by atomic mass is 16.1. The van der Waals surface area contributed by atoms with Gasteiger partial charge in [0, 0.05) is 5.56 Å². The van der Waals surface area contributed by atoms with E-state index >= 15 is 0 Å². The van der Waals surface area contributed by atoms with Crippen molar-refractivity contribution in [3.63, 3.8) is 0 Å². The van der Waals surface area contributed by atoms with Gasteiger partial charge in [0.25, 0.3) is 0 Å². The summed E-state index contributed by atoms with van der Waals surface area (Å²) in [6.07, 6.45) is 0. The summed E-state index contributed by atoms with van der Waals surface area (Å²) in [7, 11) is 0. The number of aromatic nitrogens is 2. The number of benzene rings is 3. The molecular weight excluding hydrogens is 334 g/mol. The van der Waals surface area contributed by atoms with Crippen LogP contribution < -0.4 is 9.88 Å². The number of nitrogens with one attached hydrogen (secondary N) is 1. The summed E-state index contributed by atoms with van der Waals surface area (Å²) in [5.74, 6) is 1.14. The van der Waals surface area contributed by atoms with E-state index in [2.05, 4.69) is 38.7 Å². The molecule has 3 aromatic carbocycles. The normalized spacial score (nSPS) is 12.7. The Morgan fingerprint density at radius 1 is 0.889 bits per heavy atom. The molecule has 0 spiro atoms. The predicted octanol–water partition coefficient (Wildman–Crippen LogP) is 3.90. The quantitative estimate of drug-likeness (QED) is 0.446. The van der Waals surface area contributed by atoms with E-state index in [-0.39, 0.29) is 5.78 Å². The van der Waals surface area contributed by atoms with Gasteiger partial charge in [-0.1, -0.05) is 66.7 Å². The molecule has 0 saturated carbocycles. The maximum absolute atomic E-state index is 12.9. The second-order valence-electron chi connectivity index (χ2n) is 6.84. The number of fused-ring (bicyclic) bond motifs is 3. The first kappa shape index (κ1) is 15.8. The van der Waals surface area contributed by atoms with Crippen molar-refractivity contribution in [2.75, 3.05) is 11.9 Å². The first-order valence-electron chi connectivity index (χ1n) is 9.25. The predicted molar refractivity (Wildman–Crippen MR) is 107 cm³/mol. The van der Waals surface area contributed by atoms with Crippen molar-refractivity contribution in [3.05, 3.63) is 84.4 Å². The van der Waals surface area contributed by atoms with Crippen molar-refractivity contribution in [1.29, 1.82) is 0 Å². The number of hydrogen-bond acceptors (Lipinski definition) is 2. The molecular formula is C23H20N3O+. The summed E-state index contributed by atoms with van der Waals surface area (Å²) in [4.78, 5) is 12.9. The van der Waals surface area contributed by atoms with Gasteiger partial charge >= 0.3 is 5.95 Å². The fraction of sp³-hybridized carbons (Fsp3) is 0.130. The van der Waals surface area contributed by atoms with Crippen LogP contribution in [0.25, 0.3) is 22.2 Å². The molecule has 4 nitrogen and oxygen atoms in total. The Balaban J connectivity index is 1.45. The summed E-state index contributed by atoms with van der Waals surface area (Å²) in [5, 5.41) is 3.42. The van der Waals surface area contributed by atoms with Crippen LogP contribution in [0.15, 0.2) is 78.9 Å². The number of hydrogen-bond donors (Lipinski definition) is 1. The highest BCUT2D eigenvalue weighted by Crippen LogP contribution is 2.22. The van der Waals surface area contributed by atoms with Gasteiger partial charge in [0.15, 0.2) is 5.78 Å². The fourth-order valence-electron chi connectivity index (χ4n) is 3.87. The fourth-order valence-corrected chi connectivity index (χ4v) is 3.87. The second-order valence-corrected chi connectivity index (χ2v) is 6.84. The smallest absolute Gasteiger partial charge is 0.291 e. The lowest BCUT2D eigenvalue weighted by Gasteiger charge is -2.05. The Morgan fingerprint density at radius 3 is 2.41 bits per heavy atom. The van der Waals surface area contributed by atoms with Crippen LogP contribution in [0, 0.1) is 0 Å². The van der Waals surface area contributed by atoms with Crippen molar-refractivity contribution >= 4 is 22.8 Å². The van der Waals surface area contributed by atoms with Crippen LogP contribution in [0.4, 0.5) is 5.95 Å². The molecule has 132 valence electrons. The third kappa shape index (κ3) is 2.70. The third-order valence-electron chi connectivity index (χ3n) is 5.21. The number of ketones is 1. The number of anilines is 1. The molecule has 0 radical (unpaired) electrons. The summed E-state index contributed by atoms with van der Waals surface area (Å²) >= 11 is 0. The average Bonchev–Trinajstić information content (AvgIpc) is 3.32. The Labute approximate surface area is 157 Å². The maximum Gasteiger partial charge on any atom is 0.359 e. The zero-order valence-corrected chi connectivity index (χ0v) is 14.9. The molecule has 0 aliphatic carbocycles. The lowest BCUT2D eigenvalue weighted by molar-refractivity contribution is -0.644. The standard InChI is InChI=1S/C23H19N3O/c27-22(19-12-10-18(11-13-19)17-6-2-1-3-7-17)16-26-21-9-5-4-8-20(21)25-15-14-24-23(25)26/h1-13H,14-16H2/p+1. The molecule has 1 N–H and O–H groups in total. The summed E-state index contributed by atoms with van der Waals surface area (Å²) in [6.45, 7) is 2.17. The number of para-hydroxylation sites is 2. The first-order valence-corrected chi connectivity index (χ1v) is 9.25. The van der Waals surface area contributed by atoms with E-state index in [9.17, 15) is 4.79 Å². The van der Waals surface area contributed by atoms with Crippen LogP contribution in [0.3, 0.4) is 0 Å². The van der Waals surface area contributed by atoms with Gasteiger partial charge in [0.05, 0.1) is 6.54 Å². The lowest BCUT2D eigenvalue weighted by Crippen LogP contribution is -2.29. The number of rotatable bonds is 4. The van der Waals surface area contributed by atoms with Crippen LogP contribution in [0.1, 0.15) is 10.4 Å². The molecule has 0 atom stereocenters. The molecule has 2 heterocycles. The van der Waals surface area contributed by atoms with Crippen molar-refractivity contribution < 1.29 is 9.36 Å². The molecule has 4 heteroatoms. The molecule has 5 rings (SSSR count). The van der Waals surface area contributed by atoms with E-state index in [0.29, 0.717) is 6.54 Å². The van der Waals surface area contributed by atoms with Crippen LogP contribution in [0.5, 0.6) is 0 Å². The topological polar surface area (TPSA) is 37.9 Å². The zero-order chi connectivity index (χ0) is 18.2. The minimum Gasteiger partial charge on any atom is -0.291 e. The van der Waals surface area contributed by atoms with E-state index in [1.165, 1.54) is 5.52 Å². The third-order valence-corrected chi connectivity index (χ3v) is 5.21. The molecule has 0 bridgehead atoms. The average molecular weight is 354 g/mol. The molecule has 0 fully saturated rings. The van der Waals surface area contributed by atoms with Crippen LogP contribution in [0.2, 0.25) is 0 Å². The monoisotopic (exact) mass is 354 g/mol. The van der Waals surface area contributed by atoms with Gasteiger partial charge in [0.1, 0.15) is 24.1 Å². The van der Waals surface area contributed by atoms with Crippen molar-refractivity contribution in [2.45, 2.75) is 13.1 Å². The molecule has 1 aliphatic heterocycles. The minimum absolute atomic E-state index is 0.118. The van der Waals surface area contributed by atoms with Crippen molar-refractivity contribution in [3.8, 4) is 11.1 Å². The van der Waals surface area contributed by atoms with Crippen molar-refractivity contribution in [1.82, 2.24) is 4.57 Å². The van der Waals surface area contributed by atoms with Gasteiger partial charge in [-0.25, -0.2) is 9.13 Å². The Bertz CT molecular complexity index is 1130. The Kier molecular flexibility index (Phi) is 3.75. The highest BCUT2D eigenvalue weighted by Gasteiger charge is 2.29. The van der Waals surface area contributed by atoms with Gasteiger partial charge in [-0.15, -0.1) is 0 Å². The van der Waals surface area contributed by atoms with Crippen LogP contribution in [-0.2, 0) is 13.1 Å². The van der Waals surface area contributed by atoms with Gasteiger partial charge in [-0.05, 0) is 23.3 Å². The first-order chi connectivity index (χ1) is 13.3. The largest absolute Gasteiger partial charge is 0.359 e. The maximum atomic E-state index is 12.9. The molecule has 0 unspecified atom stereocenters. The van der Waals surface area contributed by atoms with E-state index in [4.69, 9.17) is 0 Å². The Morgan fingerprint density at radius 2 is 1.59 bits per heavy atom. The second kappa shape index (κ2) is 6.40. The van der Waals surface area contributed by atoms with E-state index < -0.39 is 0 Å². The number of carbonyl (C=O) groups excluding carboxylic acids is 1. The molecule has 0 amide bonds. The van der Waals surface area contributed by atoms with Gasteiger partial charge < -0.3 is 0 Å². The molecule has 1 aliphatic rings. The minimum atomic E-state index is 0.118. The summed E-state index contributed by atoms with van der Waals surface area (Å²) in [6, 6.07) is 26.4. The summed E-state index contributed by atoms with van der Waals surface area (Å²) < 4.78 is 4.34. The highest BCUT2D eigenvalue weighted by molar-refractivity contribution is 5.97. The molecule has 27 heavy (non-hydrogen) atoms. The van der Waals surface area contributed by atoms with E-state index in [1.54, 1.807) is 0 Å². The summed E-state index contributed by atoms with van der Waals surface area (Å²) in [5.41, 5.74) is 5.28. The van der Waals surface area contributed by atoms with Gasteiger partial charge in [-0.2, -0.15) is 0 Å². The van der Waals surface area contributed by atoms with Gasteiger partial charge in [0.2, 0.25) is 0 Å². The molecule has 4 aromatic rings. The lowest BCUT2D eigenvalue weighted by atomic mass is 10.0. The van der Waals surface area contributed by atoms with E-state index in [1.807, 2.05) is 54.6 Å². The SMILES string of the molecule is O=C(Cn1c2[n+](c3ccccc31)CCN2)c1ccc(-c2ccccc2)cc1. The Hall–Kier alpha value is -3.40. The number of carbonyl (C=O) groups is 1. The molecule has 0 saturated heterocycles. The van der Waals surface area contributed by atoms with Crippen LogP contribution in [-0.4, -0.2) is 16.9 Å². The number of imidazole rings is 1. The zero-order valence-electron chi connectivity index (χ0n) is 14.9. The number of nitrogens with zero attached hydrogens (tertiary/aromatic N) is 2. The van der Waals surface area contributed by atoms with Crippen molar-refractivity contribution in [2.24, 2.45) is 0 Å². The van der Waals surface area contributed by atoms with E-state index in [0.717, 1.165) is 41.2 Å². The molecule has 1 aromatic heterocycles. The van der Waals surface area contributed by atoms with Crippen LogP contribution >= 0.6 is 0 Å². The van der Waals surface area contributed by atoms with Gasteiger partial charge in [-0.3, -0.25) is 10.1 Å². The number of Topliss-reactive ketones (excluding diaryl/α,β-unsaturated/α-hetero) is 1.